The van der Waals surface area contributed by atoms with Gasteiger partial charge in [0.05, 0.1) is 23.5 Å². The fourth-order valence-corrected chi connectivity index (χ4v) is 2.89. The first-order chi connectivity index (χ1) is 14.4. The monoisotopic (exact) mass is 408 g/mol. The predicted octanol–water partition coefficient (Wildman–Crippen LogP) is 0.991. The summed E-state index contributed by atoms with van der Waals surface area (Å²) in [6, 6.07) is 8.44. The van der Waals surface area contributed by atoms with Crippen LogP contribution in [0, 0.1) is 6.92 Å². The molecule has 9 heteroatoms. The van der Waals surface area contributed by atoms with Crippen LogP contribution in [0.1, 0.15) is 39.4 Å². The standard InChI is InChI=1S/C21H24N6O3/c1-14-18(8-10-27(14)2)21(30)24-13-17-11-15(7-9-22-17)12-23-19(28)5-3-16-4-6-20(29)26-25-16/h4,6-11H,3,5,12-13H2,1-2H3,(H,23,28)(H,24,30)(H,26,29). The normalized spacial score (nSPS) is 10.6. The number of nitrogens with one attached hydrogen (secondary N) is 3. The lowest BCUT2D eigenvalue weighted by Crippen LogP contribution is -2.25. The lowest BCUT2D eigenvalue weighted by molar-refractivity contribution is -0.121. The third kappa shape index (κ3) is 5.63. The fourth-order valence-electron chi connectivity index (χ4n) is 2.89. The van der Waals surface area contributed by atoms with E-state index in [1.54, 1.807) is 18.3 Å². The minimum atomic E-state index is -0.271. The lowest BCUT2D eigenvalue weighted by Gasteiger charge is -2.08. The van der Waals surface area contributed by atoms with E-state index in [9.17, 15) is 14.4 Å². The molecule has 0 bridgehead atoms. The lowest BCUT2D eigenvalue weighted by atomic mass is 10.2. The van der Waals surface area contributed by atoms with E-state index in [1.165, 1.54) is 6.07 Å². The van der Waals surface area contributed by atoms with E-state index in [0.29, 0.717) is 36.5 Å². The van der Waals surface area contributed by atoms with Gasteiger partial charge in [0.15, 0.2) is 0 Å². The number of amides is 2. The van der Waals surface area contributed by atoms with Gasteiger partial charge in [0.2, 0.25) is 5.91 Å². The maximum atomic E-state index is 12.3. The topological polar surface area (TPSA) is 122 Å². The van der Waals surface area contributed by atoms with Crippen molar-refractivity contribution < 1.29 is 9.59 Å². The number of hydrogen-bond donors (Lipinski definition) is 3. The summed E-state index contributed by atoms with van der Waals surface area (Å²) in [5.74, 6) is -0.265. The van der Waals surface area contributed by atoms with Gasteiger partial charge in [-0.15, -0.1) is 0 Å². The Morgan fingerprint density at radius 2 is 1.93 bits per heavy atom. The molecule has 0 saturated carbocycles. The summed E-state index contributed by atoms with van der Waals surface area (Å²) >= 11 is 0. The Hall–Kier alpha value is -3.75. The summed E-state index contributed by atoms with van der Waals surface area (Å²) in [5, 5.41) is 12.0. The number of hydrogen-bond acceptors (Lipinski definition) is 5. The van der Waals surface area contributed by atoms with Gasteiger partial charge >= 0.3 is 0 Å². The Bertz CT molecular complexity index is 1080. The van der Waals surface area contributed by atoms with E-state index >= 15 is 0 Å². The molecule has 0 spiro atoms. The van der Waals surface area contributed by atoms with Gasteiger partial charge in [0.1, 0.15) is 0 Å². The van der Waals surface area contributed by atoms with Crippen molar-refractivity contribution in [2.75, 3.05) is 0 Å². The molecule has 3 aromatic heterocycles. The molecule has 3 N–H and O–H groups in total. The van der Waals surface area contributed by atoms with Gasteiger partial charge in [-0.3, -0.25) is 19.4 Å². The van der Waals surface area contributed by atoms with E-state index < -0.39 is 0 Å². The van der Waals surface area contributed by atoms with Gasteiger partial charge in [-0.2, -0.15) is 5.10 Å². The average molecular weight is 408 g/mol. The first-order valence-electron chi connectivity index (χ1n) is 9.57. The van der Waals surface area contributed by atoms with Gasteiger partial charge in [0.25, 0.3) is 11.5 Å². The van der Waals surface area contributed by atoms with Crippen molar-refractivity contribution in [1.29, 1.82) is 0 Å². The zero-order chi connectivity index (χ0) is 21.5. The van der Waals surface area contributed by atoms with Crippen molar-refractivity contribution in [3.05, 3.63) is 81.3 Å². The van der Waals surface area contributed by atoms with Crippen LogP contribution in [0.25, 0.3) is 0 Å². The number of aromatic amines is 1. The van der Waals surface area contributed by atoms with E-state index in [0.717, 1.165) is 11.3 Å². The van der Waals surface area contributed by atoms with Crippen LogP contribution in [0.3, 0.4) is 0 Å². The molecule has 3 aromatic rings. The summed E-state index contributed by atoms with van der Waals surface area (Å²) in [5.41, 5.74) is 3.51. The highest BCUT2D eigenvalue weighted by Crippen LogP contribution is 2.09. The fraction of sp³-hybridized carbons (Fsp3) is 0.286. The number of aryl methyl sites for hydroxylation is 2. The SMILES string of the molecule is Cc1c(C(=O)NCc2cc(CNC(=O)CCc3ccc(=O)[nH]n3)ccn2)ccn1C. The molecule has 0 radical (unpaired) electrons. The highest BCUT2D eigenvalue weighted by molar-refractivity contribution is 5.95. The third-order valence-corrected chi connectivity index (χ3v) is 4.77. The molecular weight excluding hydrogens is 384 g/mol. The number of rotatable bonds is 8. The average Bonchev–Trinajstić information content (AvgIpc) is 3.09. The van der Waals surface area contributed by atoms with Gasteiger partial charge in [-0.25, -0.2) is 5.10 Å². The molecule has 3 heterocycles. The molecule has 156 valence electrons. The molecule has 9 nitrogen and oxygen atoms in total. The van der Waals surface area contributed by atoms with Crippen molar-refractivity contribution in [1.82, 2.24) is 30.4 Å². The molecule has 0 aliphatic rings. The number of pyridine rings is 1. The van der Waals surface area contributed by atoms with Gasteiger partial charge < -0.3 is 15.2 Å². The molecule has 3 rings (SSSR count). The quantitative estimate of drug-likeness (QED) is 0.513. The van der Waals surface area contributed by atoms with E-state index in [4.69, 9.17) is 0 Å². The molecule has 0 atom stereocenters. The van der Waals surface area contributed by atoms with E-state index in [2.05, 4.69) is 25.8 Å². The molecule has 0 aliphatic heterocycles. The summed E-state index contributed by atoms with van der Waals surface area (Å²) in [4.78, 5) is 39.7. The number of carbonyl (C=O) groups excluding carboxylic acids is 2. The van der Waals surface area contributed by atoms with Crippen molar-refractivity contribution in [3.63, 3.8) is 0 Å². The van der Waals surface area contributed by atoms with Gasteiger partial charge in [0, 0.05) is 50.6 Å². The highest BCUT2D eigenvalue weighted by Gasteiger charge is 2.11. The minimum Gasteiger partial charge on any atom is -0.354 e. The Balaban J connectivity index is 1.47. The van der Waals surface area contributed by atoms with E-state index in [1.807, 2.05) is 36.9 Å². The largest absolute Gasteiger partial charge is 0.354 e. The molecule has 0 aromatic carbocycles. The molecular formula is C21H24N6O3. The van der Waals surface area contributed by atoms with Crippen LogP contribution < -0.4 is 16.2 Å². The van der Waals surface area contributed by atoms with Crippen LogP contribution in [0.15, 0.2) is 47.5 Å². The minimum absolute atomic E-state index is 0.116. The smallest absolute Gasteiger partial charge is 0.264 e. The number of carbonyl (C=O) groups is 2. The second kappa shape index (κ2) is 9.64. The van der Waals surface area contributed by atoms with Crippen molar-refractivity contribution in [3.8, 4) is 0 Å². The van der Waals surface area contributed by atoms with Crippen LogP contribution in [-0.4, -0.2) is 31.6 Å². The summed E-state index contributed by atoms with van der Waals surface area (Å²) in [7, 11) is 1.89. The molecule has 0 unspecified atom stereocenters. The number of aromatic nitrogens is 4. The van der Waals surface area contributed by atoms with Crippen LogP contribution >= 0.6 is 0 Å². The molecule has 0 aliphatic carbocycles. The zero-order valence-corrected chi connectivity index (χ0v) is 16.9. The zero-order valence-electron chi connectivity index (χ0n) is 16.9. The second-order valence-electron chi connectivity index (χ2n) is 6.95. The first-order valence-corrected chi connectivity index (χ1v) is 9.57. The van der Waals surface area contributed by atoms with Crippen LogP contribution in [0.2, 0.25) is 0 Å². The predicted molar refractivity (Wildman–Crippen MR) is 111 cm³/mol. The molecule has 0 fully saturated rings. The van der Waals surface area contributed by atoms with Crippen LogP contribution in [-0.2, 0) is 31.4 Å². The van der Waals surface area contributed by atoms with Crippen LogP contribution in [0.5, 0.6) is 0 Å². The molecule has 0 saturated heterocycles. The summed E-state index contributed by atoms with van der Waals surface area (Å²) in [6.07, 6.45) is 4.21. The Morgan fingerprint density at radius 3 is 2.63 bits per heavy atom. The van der Waals surface area contributed by atoms with Crippen molar-refractivity contribution in [2.24, 2.45) is 7.05 Å². The maximum Gasteiger partial charge on any atom is 0.264 e. The van der Waals surface area contributed by atoms with Crippen molar-refractivity contribution >= 4 is 11.8 Å². The number of nitrogens with zero attached hydrogens (tertiary/aromatic N) is 3. The Kier molecular flexibility index (Phi) is 6.74. The number of H-pyrrole nitrogens is 1. The molecule has 30 heavy (non-hydrogen) atoms. The van der Waals surface area contributed by atoms with E-state index in [-0.39, 0.29) is 23.8 Å². The van der Waals surface area contributed by atoms with Gasteiger partial charge in [-0.1, -0.05) is 0 Å². The third-order valence-electron chi connectivity index (χ3n) is 4.77. The Labute approximate surface area is 173 Å². The summed E-state index contributed by atoms with van der Waals surface area (Å²) in [6.45, 7) is 2.55. The highest BCUT2D eigenvalue weighted by atomic mass is 16.2. The summed E-state index contributed by atoms with van der Waals surface area (Å²) < 4.78 is 1.89. The second-order valence-corrected chi connectivity index (χ2v) is 6.95. The Morgan fingerprint density at radius 1 is 1.10 bits per heavy atom. The molecule has 2 amide bonds. The first kappa shape index (κ1) is 21.0. The van der Waals surface area contributed by atoms with Crippen LogP contribution in [0.4, 0.5) is 0 Å². The van der Waals surface area contributed by atoms with Gasteiger partial charge in [-0.05, 0) is 36.8 Å². The maximum absolute atomic E-state index is 12.3. The van der Waals surface area contributed by atoms with Crippen molar-refractivity contribution in [2.45, 2.75) is 32.9 Å².